The summed E-state index contributed by atoms with van der Waals surface area (Å²) in [5.41, 5.74) is -0.289. The van der Waals surface area contributed by atoms with Gasteiger partial charge in [-0.2, -0.15) is 0 Å². The lowest BCUT2D eigenvalue weighted by Crippen LogP contribution is -2.48. The van der Waals surface area contributed by atoms with Crippen LogP contribution in [0.1, 0.15) is 43.0 Å². The number of imide groups is 1. The van der Waals surface area contributed by atoms with Gasteiger partial charge < -0.3 is 10.1 Å². The summed E-state index contributed by atoms with van der Waals surface area (Å²) in [6.45, 7) is 1.39. The van der Waals surface area contributed by atoms with E-state index in [0.29, 0.717) is 10.4 Å². The van der Waals surface area contributed by atoms with Crippen molar-refractivity contribution < 1.29 is 23.5 Å². The van der Waals surface area contributed by atoms with E-state index in [4.69, 9.17) is 4.74 Å². The van der Waals surface area contributed by atoms with Gasteiger partial charge in [-0.1, -0.05) is 35.7 Å². The van der Waals surface area contributed by atoms with Crippen molar-refractivity contribution >= 4 is 33.8 Å². The Kier molecular flexibility index (Phi) is 6.92. The molecule has 1 fully saturated rings. The van der Waals surface area contributed by atoms with Gasteiger partial charge in [0.2, 0.25) is 0 Å². The van der Waals surface area contributed by atoms with Crippen LogP contribution in [0.15, 0.2) is 22.7 Å². The Morgan fingerprint density at radius 3 is 2.72 bits per heavy atom. The maximum atomic E-state index is 13.6. The Morgan fingerprint density at radius 2 is 2.00 bits per heavy atom. The van der Waals surface area contributed by atoms with Crippen molar-refractivity contribution in [2.75, 3.05) is 6.61 Å². The highest BCUT2D eigenvalue weighted by atomic mass is 79.9. The number of esters is 1. The number of hydrogen-bond donors (Lipinski definition) is 2. The topological polar surface area (TPSA) is 84.5 Å². The summed E-state index contributed by atoms with van der Waals surface area (Å²) in [5, 5.41) is 4.87. The molecule has 0 aliphatic heterocycles. The third kappa shape index (κ3) is 5.81. The Labute approximate surface area is 153 Å². The first-order valence-corrected chi connectivity index (χ1v) is 8.88. The second-order valence-electron chi connectivity index (χ2n) is 6.09. The van der Waals surface area contributed by atoms with Crippen molar-refractivity contribution in [2.45, 2.75) is 38.6 Å². The molecule has 3 amide bonds. The average molecular weight is 415 g/mol. The lowest BCUT2D eigenvalue weighted by Gasteiger charge is -2.29. The largest absolute Gasteiger partial charge is 0.452 e. The summed E-state index contributed by atoms with van der Waals surface area (Å²) >= 11 is 3.12. The minimum Gasteiger partial charge on any atom is -0.452 e. The van der Waals surface area contributed by atoms with Crippen LogP contribution in [0.5, 0.6) is 0 Å². The van der Waals surface area contributed by atoms with E-state index >= 15 is 0 Å². The molecule has 0 aromatic heterocycles. The van der Waals surface area contributed by atoms with Crippen molar-refractivity contribution in [3.8, 4) is 0 Å². The molecule has 1 aliphatic rings. The SMILES string of the molecule is C[C@H]1CCCC[C@H]1NC(=O)NC(=O)COC(=O)c1cc(Br)ccc1F. The fourth-order valence-electron chi connectivity index (χ4n) is 2.76. The van der Waals surface area contributed by atoms with E-state index in [2.05, 4.69) is 33.5 Å². The van der Waals surface area contributed by atoms with Crippen LogP contribution in [0, 0.1) is 11.7 Å². The lowest BCUT2D eigenvalue weighted by atomic mass is 9.86. The van der Waals surface area contributed by atoms with Crippen LogP contribution < -0.4 is 10.6 Å². The number of carbonyl (C=O) groups excluding carboxylic acids is 3. The zero-order valence-electron chi connectivity index (χ0n) is 13.8. The number of rotatable bonds is 4. The highest BCUT2D eigenvalue weighted by Crippen LogP contribution is 2.23. The average Bonchev–Trinajstić information content (AvgIpc) is 2.57. The molecule has 2 N–H and O–H groups in total. The summed E-state index contributed by atoms with van der Waals surface area (Å²) in [7, 11) is 0. The number of hydrogen-bond acceptors (Lipinski definition) is 4. The third-order valence-electron chi connectivity index (χ3n) is 4.16. The van der Waals surface area contributed by atoms with Crippen LogP contribution in [0.4, 0.5) is 9.18 Å². The van der Waals surface area contributed by atoms with Gasteiger partial charge in [0, 0.05) is 10.5 Å². The zero-order chi connectivity index (χ0) is 18.4. The molecule has 2 atom stereocenters. The molecule has 0 spiro atoms. The fourth-order valence-corrected chi connectivity index (χ4v) is 3.12. The molecule has 6 nitrogen and oxygen atoms in total. The number of benzene rings is 1. The van der Waals surface area contributed by atoms with Crippen molar-refractivity contribution in [1.29, 1.82) is 0 Å². The van der Waals surface area contributed by atoms with E-state index in [1.165, 1.54) is 12.1 Å². The molecule has 136 valence electrons. The van der Waals surface area contributed by atoms with Crippen LogP contribution in [0.2, 0.25) is 0 Å². The molecule has 0 bridgehead atoms. The molecule has 0 heterocycles. The van der Waals surface area contributed by atoms with Crippen molar-refractivity contribution in [2.24, 2.45) is 5.92 Å². The number of ether oxygens (including phenoxy) is 1. The minimum absolute atomic E-state index is 0.0277. The number of amides is 3. The predicted molar refractivity (Wildman–Crippen MR) is 92.5 cm³/mol. The molecule has 1 aliphatic carbocycles. The van der Waals surface area contributed by atoms with Crippen LogP contribution in [-0.4, -0.2) is 30.6 Å². The molecule has 1 saturated carbocycles. The van der Waals surface area contributed by atoms with Gasteiger partial charge in [0.25, 0.3) is 5.91 Å². The van der Waals surface area contributed by atoms with Gasteiger partial charge in [0.1, 0.15) is 5.82 Å². The second-order valence-corrected chi connectivity index (χ2v) is 7.01. The monoisotopic (exact) mass is 414 g/mol. The summed E-state index contributed by atoms with van der Waals surface area (Å²) in [4.78, 5) is 35.3. The molecule has 25 heavy (non-hydrogen) atoms. The summed E-state index contributed by atoms with van der Waals surface area (Å²) in [6.07, 6.45) is 4.09. The van der Waals surface area contributed by atoms with Gasteiger partial charge in [0.05, 0.1) is 5.56 Å². The van der Waals surface area contributed by atoms with Gasteiger partial charge in [-0.3, -0.25) is 10.1 Å². The molecule has 0 radical (unpaired) electrons. The predicted octanol–water partition coefficient (Wildman–Crippen LogP) is 3.15. The molecule has 2 rings (SSSR count). The molecule has 0 saturated heterocycles. The van der Waals surface area contributed by atoms with Crippen LogP contribution in [0.25, 0.3) is 0 Å². The third-order valence-corrected chi connectivity index (χ3v) is 4.66. The second kappa shape index (κ2) is 8.94. The first-order valence-electron chi connectivity index (χ1n) is 8.09. The van der Waals surface area contributed by atoms with Crippen molar-refractivity contribution in [3.63, 3.8) is 0 Å². The van der Waals surface area contributed by atoms with Gasteiger partial charge in [0.15, 0.2) is 6.61 Å². The minimum atomic E-state index is -0.977. The maximum Gasteiger partial charge on any atom is 0.341 e. The first kappa shape index (κ1) is 19.4. The van der Waals surface area contributed by atoms with E-state index in [1.807, 2.05) is 0 Å². The highest BCUT2D eigenvalue weighted by molar-refractivity contribution is 9.10. The molecule has 1 aromatic carbocycles. The first-order chi connectivity index (χ1) is 11.9. The fraction of sp³-hybridized carbons (Fsp3) is 0.471. The van der Waals surface area contributed by atoms with Crippen LogP contribution in [0.3, 0.4) is 0 Å². The van der Waals surface area contributed by atoms with E-state index in [1.54, 1.807) is 0 Å². The normalized spacial score (nSPS) is 19.8. The zero-order valence-corrected chi connectivity index (χ0v) is 15.4. The van der Waals surface area contributed by atoms with E-state index in [9.17, 15) is 18.8 Å². The van der Waals surface area contributed by atoms with Gasteiger partial charge in [-0.15, -0.1) is 0 Å². The van der Waals surface area contributed by atoms with Gasteiger partial charge in [-0.05, 0) is 37.0 Å². The maximum absolute atomic E-state index is 13.6. The Hall–Kier alpha value is -1.96. The van der Waals surface area contributed by atoms with Gasteiger partial charge >= 0.3 is 12.0 Å². The van der Waals surface area contributed by atoms with E-state index in [0.717, 1.165) is 31.7 Å². The number of urea groups is 1. The highest BCUT2D eigenvalue weighted by Gasteiger charge is 2.23. The summed E-state index contributed by atoms with van der Waals surface area (Å²) in [6, 6.07) is 3.22. The molecular formula is C17H20BrFN2O4. The smallest absolute Gasteiger partial charge is 0.341 e. The molecular weight excluding hydrogens is 395 g/mol. The Bertz CT molecular complexity index is 668. The molecule has 0 unspecified atom stereocenters. The Balaban J connectivity index is 1.79. The van der Waals surface area contributed by atoms with E-state index < -0.39 is 30.3 Å². The number of nitrogens with one attached hydrogen (secondary N) is 2. The Morgan fingerprint density at radius 1 is 1.28 bits per heavy atom. The number of carbonyl (C=O) groups is 3. The van der Waals surface area contributed by atoms with Gasteiger partial charge in [-0.25, -0.2) is 14.0 Å². The summed E-state index contributed by atoms with van der Waals surface area (Å²) < 4.78 is 18.8. The molecule has 1 aromatic rings. The van der Waals surface area contributed by atoms with Crippen molar-refractivity contribution in [1.82, 2.24) is 10.6 Å². The van der Waals surface area contributed by atoms with Crippen LogP contribution in [-0.2, 0) is 9.53 Å². The van der Waals surface area contributed by atoms with Crippen molar-refractivity contribution in [3.05, 3.63) is 34.1 Å². The van der Waals surface area contributed by atoms with Crippen LogP contribution >= 0.6 is 15.9 Å². The quantitative estimate of drug-likeness (QED) is 0.741. The molecule has 8 heteroatoms. The standard InChI is InChI=1S/C17H20BrFN2O4/c1-10-4-2-3-5-14(10)20-17(24)21-15(22)9-25-16(23)12-8-11(18)6-7-13(12)19/h6-8,10,14H,2-5,9H2,1H3,(H2,20,21,22,24)/t10-,14+/m0/s1. The lowest BCUT2D eigenvalue weighted by molar-refractivity contribution is -0.123. The number of halogens is 2. The summed E-state index contributed by atoms with van der Waals surface area (Å²) in [5.74, 6) is -2.15. The van der Waals surface area contributed by atoms with E-state index in [-0.39, 0.29) is 11.6 Å².